The minimum Gasteiger partial charge on any atom is -0.366 e. The molecule has 5 heteroatoms. The van der Waals surface area contributed by atoms with Gasteiger partial charge >= 0.3 is 0 Å². The molecule has 2 N–H and O–H groups in total. The third-order valence-electron chi connectivity index (χ3n) is 4.24. The zero-order valence-corrected chi connectivity index (χ0v) is 13.1. The molecule has 0 radical (unpaired) electrons. The Morgan fingerprint density at radius 1 is 1.20 bits per heavy atom. The van der Waals surface area contributed by atoms with E-state index in [1.165, 1.54) is 0 Å². The molecule has 1 unspecified atom stereocenters. The maximum absolute atomic E-state index is 12.1. The molecular formula is C15H29N3O2. The Morgan fingerprint density at radius 3 is 2.45 bits per heavy atom. The summed E-state index contributed by atoms with van der Waals surface area (Å²) in [6.45, 7) is 9.99. The van der Waals surface area contributed by atoms with Crippen LogP contribution in [0.3, 0.4) is 0 Å². The van der Waals surface area contributed by atoms with E-state index in [0.29, 0.717) is 12.1 Å². The number of hydrogen-bond acceptors (Lipinski definition) is 4. The van der Waals surface area contributed by atoms with Gasteiger partial charge in [0.15, 0.2) is 0 Å². The van der Waals surface area contributed by atoms with E-state index < -0.39 is 0 Å². The minimum absolute atomic E-state index is 0.121. The molecule has 2 fully saturated rings. The van der Waals surface area contributed by atoms with Crippen LogP contribution in [0, 0.1) is 0 Å². The first-order valence-corrected chi connectivity index (χ1v) is 7.76. The predicted octanol–water partition coefficient (Wildman–Crippen LogP) is 0.826. The first kappa shape index (κ1) is 15.7. The van der Waals surface area contributed by atoms with Crippen LogP contribution in [0.5, 0.6) is 0 Å². The molecule has 2 aliphatic heterocycles. The van der Waals surface area contributed by atoms with E-state index in [2.05, 4.69) is 4.90 Å². The Bertz CT molecular complexity index is 333. The summed E-state index contributed by atoms with van der Waals surface area (Å²) in [5.41, 5.74) is 5.69. The molecule has 0 aromatic carbocycles. The van der Waals surface area contributed by atoms with Gasteiger partial charge < -0.3 is 15.4 Å². The Hall–Kier alpha value is -0.650. The van der Waals surface area contributed by atoms with Crippen LogP contribution in [0.1, 0.15) is 40.0 Å². The average Bonchev–Trinajstić information content (AvgIpc) is 2.85. The molecule has 2 rings (SSSR count). The van der Waals surface area contributed by atoms with E-state index in [9.17, 15) is 4.79 Å². The molecule has 0 spiro atoms. The maximum atomic E-state index is 12.1. The van der Waals surface area contributed by atoms with Gasteiger partial charge in [-0.05, 0) is 53.1 Å². The zero-order valence-electron chi connectivity index (χ0n) is 13.1. The van der Waals surface area contributed by atoms with Crippen LogP contribution < -0.4 is 5.73 Å². The zero-order chi connectivity index (χ0) is 14.8. The Labute approximate surface area is 122 Å². The first-order valence-electron chi connectivity index (χ1n) is 7.76. The molecule has 0 aromatic heterocycles. The summed E-state index contributed by atoms with van der Waals surface area (Å²) >= 11 is 0. The molecule has 5 nitrogen and oxygen atoms in total. The van der Waals surface area contributed by atoms with Crippen LogP contribution in [0.4, 0.5) is 0 Å². The van der Waals surface area contributed by atoms with Crippen molar-refractivity contribution in [2.75, 3.05) is 32.8 Å². The van der Waals surface area contributed by atoms with Gasteiger partial charge in [0.05, 0.1) is 5.60 Å². The number of likely N-dealkylation sites (tertiary alicyclic amines) is 2. The number of rotatable bonds is 3. The van der Waals surface area contributed by atoms with Crippen LogP contribution in [-0.2, 0) is 9.53 Å². The van der Waals surface area contributed by atoms with Crippen molar-refractivity contribution in [3.63, 3.8) is 0 Å². The van der Waals surface area contributed by atoms with E-state index in [4.69, 9.17) is 10.5 Å². The van der Waals surface area contributed by atoms with Crippen molar-refractivity contribution in [3.05, 3.63) is 0 Å². The largest absolute Gasteiger partial charge is 0.366 e. The number of nitrogens with two attached hydrogens (primary N) is 1. The lowest BCUT2D eigenvalue weighted by molar-refractivity contribution is -0.140. The van der Waals surface area contributed by atoms with Crippen LogP contribution in [0.25, 0.3) is 0 Å². The van der Waals surface area contributed by atoms with Gasteiger partial charge in [-0.2, -0.15) is 0 Å². The third-order valence-corrected chi connectivity index (χ3v) is 4.24. The predicted molar refractivity (Wildman–Crippen MR) is 79.5 cm³/mol. The second-order valence-corrected chi connectivity index (χ2v) is 7.06. The van der Waals surface area contributed by atoms with E-state index in [0.717, 1.165) is 45.4 Å². The van der Waals surface area contributed by atoms with E-state index in [1.807, 2.05) is 25.7 Å². The summed E-state index contributed by atoms with van der Waals surface area (Å²) in [6.07, 6.45) is 3.24. The van der Waals surface area contributed by atoms with Crippen molar-refractivity contribution in [3.8, 4) is 0 Å². The van der Waals surface area contributed by atoms with Gasteiger partial charge in [-0.25, -0.2) is 0 Å². The number of hydrogen-bond donors (Lipinski definition) is 1. The number of ether oxygens (including phenoxy) is 1. The lowest BCUT2D eigenvalue weighted by Gasteiger charge is -2.34. The van der Waals surface area contributed by atoms with Crippen molar-refractivity contribution < 1.29 is 9.53 Å². The molecule has 2 aliphatic rings. The summed E-state index contributed by atoms with van der Waals surface area (Å²) in [6, 6.07) is 0.881. The summed E-state index contributed by atoms with van der Waals surface area (Å²) < 4.78 is 5.58. The van der Waals surface area contributed by atoms with Gasteiger partial charge in [0.25, 0.3) is 0 Å². The molecule has 0 aliphatic carbocycles. The SMILES string of the molecule is CC(C)(C)OCC(=O)N1CCC(N2CCC(N)CC2)C1. The Kier molecular flexibility index (Phi) is 5.04. The molecule has 0 bridgehead atoms. The normalized spacial score (nSPS) is 26.2. The molecule has 2 heterocycles. The van der Waals surface area contributed by atoms with Crippen LogP contribution in [-0.4, -0.2) is 66.2 Å². The molecule has 0 saturated carbocycles. The lowest BCUT2D eigenvalue weighted by Crippen LogP contribution is -2.46. The van der Waals surface area contributed by atoms with Crippen molar-refractivity contribution in [2.45, 2.75) is 57.7 Å². The fraction of sp³-hybridized carbons (Fsp3) is 0.933. The molecule has 20 heavy (non-hydrogen) atoms. The molecule has 116 valence electrons. The Balaban J connectivity index is 1.76. The van der Waals surface area contributed by atoms with Gasteiger partial charge in [0.1, 0.15) is 6.61 Å². The number of nitrogens with zero attached hydrogens (tertiary/aromatic N) is 2. The topological polar surface area (TPSA) is 58.8 Å². The van der Waals surface area contributed by atoms with Gasteiger partial charge in [-0.3, -0.25) is 9.69 Å². The molecule has 0 aromatic rings. The van der Waals surface area contributed by atoms with Gasteiger partial charge in [-0.15, -0.1) is 0 Å². The fourth-order valence-corrected chi connectivity index (χ4v) is 2.92. The lowest BCUT2D eigenvalue weighted by atomic mass is 10.0. The van der Waals surface area contributed by atoms with Crippen molar-refractivity contribution in [1.29, 1.82) is 0 Å². The van der Waals surface area contributed by atoms with Crippen molar-refractivity contribution in [2.24, 2.45) is 5.73 Å². The second kappa shape index (κ2) is 6.41. The van der Waals surface area contributed by atoms with Crippen LogP contribution in [0.15, 0.2) is 0 Å². The fourth-order valence-electron chi connectivity index (χ4n) is 2.92. The highest BCUT2D eigenvalue weighted by Crippen LogP contribution is 2.20. The summed E-state index contributed by atoms with van der Waals surface area (Å²) in [5.74, 6) is 0.121. The highest BCUT2D eigenvalue weighted by molar-refractivity contribution is 5.77. The first-order chi connectivity index (χ1) is 9.35. The van der Waals surface area contributed by atoms with Crippen molar-refractivity contribution >= 4 is 5.91 Å². The smallest absolute Gasteiger partial charge is 0.248 e. The van der Waals surface area contributed by atoms with Gasteiger partial charge in [0, 0.05) is 25.2 Å². The molecule has 2 saturated heterocycles. The second-order valence-electron chi connectivity index (χ2n) is 7.06. The Morgan fingerprint density at radius 2 is 1.85 bits per heavy atom. The molecular weight excluding hydrogens is 254 g/mol. The number of piperidine rings is 1. The average molecular weight is 283 g/mol. The summed E-state index contributed by atoms with van der Waals surface area (Å²) in [4.78, 5) is 16.6. The monoisotopic (exact) mass is 283 g/mol. The van der Waals surface area contributed by atoms with Crippen molar-refractivity contribution in [1.82, 2.24) is 9.80 Å². The highest BCUT2D eigenvalue weighted by Gasteiger charge is 2.32. The number of carbonyl (C=O) groups excluding carboxylic acids is 1. The van der Waals surface area contributed by atoms with Gasteiger partial charge in [-0.1, -0.05) is 0 Å². The van der Waals surface area contributed by atoms with Crippen LogP contribution >= 0.6 is 0 Å². The highest BCUT2D eigenvalue weighted by atomic mass is 16.5. The standard InChI is InChI=1S/C15H29N3O2/c1-15(2,3)20-11-14(19)18-9-6-13(10-18)17-7-4-12(16)5-8-17/h12-13H,4-11,16H2,1-3H3. The van der Waals surface area contributed by atoms with E-state index >= 15 is 0 Å². The quantitative estimate of drug-likeness (QED) is 0.833. The van der Waals surface area contributed by atoms with Crippen LogP contribution in [0.2, 0.25) is 0 Å². The number of carbonyl (C=O) groups is 1. The minimum atomic E-state index is -0.252. The molecule has 1 atom stereocenters. The van der Waals surface area contributed by atoms with E-state index in [-0.39, 0.29) is 18.1 Å². The van der Waals surface area contributed by atoms with Gasteiger partial charge in [0.2, 0.25) is 5.91 Å². The summed E-state index contributed by atoms with van der Waals surface area (Å²) in [5, 5.41) is 0. The number of amides is 1. The summed E-state index contributed by atoms with van der Waals surface area (Å²) in [7, 11) is 0. The maximum Gasteiger partial charge on any atom is 0.248 e. The van der Waals surface area contributed by atoms with E-state index in [1.54, 1.807) is 0 Å². The molecule has 1 amide bonds. The third kappa shape index (κ3) is 4.43.